The number of Topliss-reactive ketones (excluding diaryl/α,β-unsaturated/α-hetero) is 1. The third kappa shape index (κ3) is 3.17. The van der Waals surface area contributed by atoms with E-state index in [0.29, 0.717) is 0 Å². The molecule has 0 heterocycles. The molecule has 1 nitrogen and oxygen atoms in total. The number of carbonyl (C=O) groups excluding carboxylic acids is 1. The second-order valence-corrected chi connectivity index (χ2v) is 2.25. The SMILES string of the molecule is [CH2-]c1ccc(C(C)=O)cc1.[Y]. The molecule has 0 aromatic heterocycles. The molecule has 1 rings (SSSR count). The summed E-state index contributed by atoms with van der Waals surface area (Å²) in [6.07, 6.45) is 0. The largest absolute Gasteiger partial charge is 0.295 e. The maximum absolute atomic E-state index is 10.7. The summed E-state index contributed by atoms with van der Waals surface area (Å²) < 4.78 is 0. The maximum Gasteiger partial charge on any atom is 0.157 e. The van der Waals surface area contributed by atoms with Crippen LogP contribution in [-0.4, -0.2) is 5.78 Å². The normalized spacial score (nSPS) is 8.45. The van der Waals surface area contributed by atoms with Gasteiger partial charge in [-0.3, -0.25) is 4.79 Å². The first-order chi connectivity index (χ1) is 4.70. The third-order valence-electron chi connectivity index (χ3n) is 1.36. The van der Waals surface area contributed by atoms with E-state index in [1.165, 1.54) is 0 Å². The van der Waals surface area contributed by atoms with Gasteiger partial charge in [0.2, 0.25) is 0 Å². The van der Waals surface area contributed by atoms with Gasteiger partial charge in [0.1, 0.15) is 0 Å². The zero-order valence-electron chi connectivity index (χ0n) is 6.50. The molecule has 0 saturated heterocycles. The van der Waals surface area contributed by atoms with E-state index < -0.39 is 0 Å². The molecule has 0 spiro atoms. The summed E-state index contributed by atoms with van der Waals surface area (Å²) in [5, 5.41) is 0. The maximum atomic E-state index is 10.7. The molecule has 1 radical (unpaired) electrons. The van der Waals surface area contributed by atoms with Crippen LogP contribution in [0.5, 0.6) is 0 Å². The standard InChI is InChI=1S/C9H9O.Y/c1-7-3-5-9(6-4-7)8(2)10;/h3-6H,1H2,2H3;/q-1;. The average molecular weight is 222 g/mol. The van der Waals surface area contributed by atoms with Gasteiger partial charge in [0.15, 0.2) is 5.78 Å². The van der Waals surface area contributed by atoms with Crippen LogP contribution < -0.4 is 0 Å². The van der Waals surface area contributed by atoms with Gasteiger partial charge in [0, 0.05) is 32.7 Å². The Morgan fingerprint density at radius 2 is 1.73 bits per heavy atom. The van der Waals surface area contributed by atoms with Crippen LogP contribution >= 0.6 is 0 Å². The quantitative estimate of drug-likeness (QED) is 0.525. The van der Waals surface area contributed by atoms with Crippen molar-refractivity contribution in [3.8, 4) is 0 Å². The van der Waals surface area contributed by atoms with Crippen LogP contribution in [0.1, 0.15) is 22.8 Å². The van der Waals surface area contributed by atoms with Gasteiger partial charge in [-0.25, -0.2) is 0 Å². The Morgan fingerprint density at radius 3 is 2.09 bits per heavy atom. The minimum Gasteiger partial charge on any atom is -0.295 e. The summed E-state index contributed by atoms with van der Waals surface area (Å²) >= 11 is 0. The average Bonchev–Trinajstić information content (AvgIpc) is 1.88. The van der Waals surface area contributed by atoms with E-state index in [1.54, 1.807) is 19.1 Å². The topological polar surface area (TPSA) is 17.1 Å². The Kier molecular flexibility index (Phi) is 4.63. The summed E-state index contributed by atoms with van der Waals surface area (Å²) in [4.78, 5) is 10.7. The fourth-order valence-corrected chi connectivity index (χ4v) is 0.739. The zero-order chi connectivity index (χ0) is 7.56. The molecule has 0 unspecified atom stereocenters. The van der Waals surface area contributed by atoms with Gasteiger partial charge in [-0.15, -0.1) is 12.1 Å². The van der Waals surface area contributed by atoms with Gasteiger partial charge < -0.3 is 0 Å². The molecule has 0 saturated carbocycles. The van der Waals surface area contributed by atoms with Crippen molar-refractivity contribution in [2.24, 2.45) is 0 Å². The summed E-state index contributed by atoms with van der Waals surface area (Å²) in [7, 11) is 0. The van der Waals surface area contributed by atoms with Crippen LogP contribution in [0.4, 0.5) is 0 Å². The molecule has 0 N–H and O–H groups in total. The molecule has 0 aliphatic heterocycles. The van der Waals surface area contributed by atoms with Crippen LogP contribution in [0, 0.1) is 6.92 Å². The predicted molar refractivity (Wildman–Crippen MR) is 40.9 cm³/mol. The summed E-state index contributed by atoms with van der Waals surface area (Å²) in [5.41, 5.74) is 1.68. The van der Waals surface area contributed by atoms with Gasteiger partial charge in [0.25, 0.3) is 0 Å². The van der Waals surface area contributed by atoms with Crippen LogP contribution in [0.15, 0.2) is 24.3 Å². The van der Waals surface area contributed by atoms with E-state index in [2.05, 4.69) is 6.92 Å². The molecule has 55 valence electrons. The van der Waals surface area contributed by atoms with Crippen molar-refractivity contribution in [1.29, 1.82) is 0 Å². The molecular formula is C9H9OY-. The fraction of sp³-hybridized carbons (Fsp3) is 0.111. The summed E-state index contributed by atoms with van der Waals surface area (Å²) in [6.45, 7) is 5.26. The second-order valence-electron chi connectivity index (χ2n) is 2.25. The van der Waals surface area contributed by atoms with E-state index in [0.717, 1.165) is 11.1 Å². The Labute approximate surface area is 92.1 Å². The molecule has 0 fully saturated rings. The number of rotatable bonds is 1. The summed E-state index contributed by atoms with van der Waals surface area (Å²) in [6, 6.07) is 7.22. The molecule has 11 heavy (non-hydrogen) atoms. The molecular weight excluding hydrogens is 213 g/mol. The van der Waals surface area contributed by atoms with Crippen LogP contribution in [0.3, 0.4) is 0 Å². The zero-order valence-corrected chi connectivity index (χ0v) is 9.34. The number of carbonyl (C=O) groups is 1. The first-order valence-corrected chi connectivity index (χ1v) is 3.13. The van der Waals surface area contributed by atoms with Crippen molar-refractivity contribution in [2.75, 3.05) is 0 Å². The Bertz CT molecular complexity index is 238. The Morgan fingerprint density at radius 1 is 1.27 bits per heavy atom. The Hall–Kier alpha value is -0.136. The molecule has 0 bridgehead atoms. The van der Waals surface area contributed by atoms with Gasteiger partial charge >= 0.3 is 0 Å². The molecule has 0 aliphatic carbocycles. The first kappa shape index (κ1) is 10.9. The van der Waals surface area contributed by atoms with Crippen molar-refractivity contribution in [2.45, 2.75) is 6.92 Å². The van der Waals surface area contributed by atoms with Crippen LogP contribution in [0.25, 0.3) is 0 Å². The molecule has 0 aliphatic rings. The monoisotopic (exact) mass is 222 g/mol. The van der Waals surface area contributed by atoms with E-state index in [9.17, 15) is 4.79 Å². The van der Waals surface area contributed by atoms with Gasteiger partial charge in [-0.05, 0) is 12.5 Å². The fourth-order valence-electron chi connectivity index (χ4n) is 0.739. The summed E-state index contributed by atoms with van der Waals surface area (Å²) in [5.74, 6) is 0.0972. The van der Waals surface area contributed by atoms with Crippen LogP contribution in [-0.2, 0) is 32.7 Å². The minimum atomic E-state index is 0. The number of ketones is 1. The number of benzene rings is 1. The van der Waals surface area contributed by atoms with Crippen molar-refractivity contribution < 1.29 is 37.5 Å². The van der Waals surface area contributed by atoms with Gasteiger partial charge in [-0.1, -0.05) is 0 Å². The molecule has 0 amide bonds. The number of hydrogen-bond acceptors (Lipinski definition) is 1. The first-order valence-electron chi connectivity index (χ1n) is 3.13. The van der Waals surface area contributed by atoms with Crippen LogP contribution in [0.2, 0.25) is 0 Å². The van der Waals surface area contributed by atoms with E-state index in [1.807, 2.05) is 12.1 Å². The molecule has 2 heteroatoms. The van der Waals surface area contributed by atoms with E-state index in [-0.39, 0.29) is 38.5 Å². The smallest absolute Gasteiger partial charge is 0.157 e. The molecule has 1 aromatic carbocycles. The third-order valence-corrected chi connectivity index (χ3v) is 1.36. The van der Waals surface area contributed by atoms with E-state index in [4.69, 9.17) is 0 Å². The van der Waals surface area contributed by atoms with E-state index >= 15 is 0 Å². The van der Waals surface area contributed by atoms with Crippen molar-refractivity contribution in [3.05, 3.63) is 42.3 Å². The molecule has 1 aromatic rings. The van der Waals surface area contributed by atoms with Crippen molar-refractivity contribution in [1.82, 2.24) is 0 Å². The second kappa shape index (κ2) is 4.68. The predicted octanol–water partition coefficient (Wildman–Crippen LogP) is 2.07. The van der Waals surface area contributed by atoms with Gasteiger partial charge in [-0.2, -0.15) is 24.6 Å². The minimum absolute atomic E-state index is 0. The Balaban J connectivity index is 0.000001000. The molecule has 0 atom stereocenters. The van der Waals surface area contributed by atoms with Crippen molar-refractivity contribution >= 4 is 5.78 Å². The van der Waals surface area contributed by atoms with Crippen molar-refractivity contribution in [3.63, 3.8) is 0 Å². The van der Waals surface area contributed by atoms with Gasteiger partial charge in [0.05, 0.1) is 0 Å². The number of hydrogen-bond donors (Lipinski definition) is 0.